The highest BCUT2D eigenvalue weighted by Gasteiger charge is 2.54. The van der Waals surface area contributed by atoms with Crippen LogP contribution >= 0.6 is 23.2 Å². The van der Waals surface area contributed by atoms with E-state index < -0.39 is 47.0 Å². The number of rotatable bonds is 11. The van der Waals surface area contributed by atoms with Gasteiger partial charge in [0.05, 0.1) is 17.9 Å². The van der Waals surface area contributed by atoms with Crippen molar-refractivity contribution in [2.45, 2.75) is 57.2 Å². The monoisotopic (exact) mass is 645 g/mol. The van der Waals surface area contributed by atoms with Crippen molar-refractivity contribution in [3.63, 3.8) is 0 Å². The maximum absolute atomic E-state index is 14.6. The first-order valence-electron chi connectivity index (χ1n) is 14.1. The molecule has 7 nitrogen and oxygen atoms in total. The number of piperidine rings is 1. The number of carbonyl (C=O) groups excluding carboxylic acids is 1. The summed E-state index contributed by atoms with van der Waals surface area (Å²) in [5, 5.41) is 10.9. The molecule has 11 heteroatoms. The predicted octanol–water partition coefficient (Wildman–Crippen LogP) is 6.75. The molecule has 0 spiro atoms. The van der Waals surface area contributed by atoms with Gasteiger partial charge in [0.25, 0.3) is 0 Å². The molecule has 3 aromatic carbocycles. The molecular weight excluding hydrogens is 614 g/mol. The fourth-order valence-electron chi connectivity index (χ4n) is 6.39. The molecule has 228 valence electrons. The first-order chi connectivity index (χ1) is 20.5. The van der Waals surface area contributed by atoms with Crippen molar-refractivity contribution in [2.24, 2.45) is 11.3 Å². The molecule has 1 saturated heterocycles. The Labute approximate surface area is 263 Å². The minimum Gasteiger partial charge on any atom is -0.760 e. The lowest BCUT2D eigenvalue weighted by molar-refractivity contribution is -0.161. The zero-order chi connectivity index (χ0) is 30.9. The molecule has 5 rings (SSSR count). The number of carboxylic acids is 1. The van der Waals surface area contributed by atoms with Gasteiger partial charge in [0.2, 0.25) is 5.91 Å². The molecule has 0 aromatic heterocycles. The zero-order valence-electron chi connectivity index (χ0n) is 23.5. The summed E-state index contributed by atoms with van der Waals surface area (Å²) in [6.45, 7) is 1.39. The molecule has 0 bridgehead atoms. The van der Waals surface area contributed by atoms with Crippen molar-refractivity contribution in [1.29, 1.82) is 0 Å². The number of carbonyl (C=O) groups is 2. The van der Waals surface area contributed by atoms with Gasteiger partial charge in [-0.05, 0) is 66.6 Å². The highest BCUT2D eigenvalue weighted by Crippen LogP contribution is 2.54. The third-order valence-electron chi connectivity index (χ3n) is 8.56. The van der Waals surface area contributed by atoms with Gasteiger partial charge in [-0.25, -0.2) is 8.70 Å². The molecule has 0 radical (unpaired) electrons. The maximum atomic E-state index is 14.6. The highest BCUT2D eigenvalue weighted by atomic mass is 35.5. The normalized spacial score (nSPS) is 23.8. The Kier molecular flexibility index (Phi) is 9.58. The van der Waals surface area contributed by atoms with Gasteiger partial charge in [-0.2, -0.15) is 0 Å². The fraction of sp³-hybridized carbons (Fsp3) is 0.375. The van der Waals surface area contributed by atoms with E-state index in [-0.39, 0.29) is 42.8 Å². The Balaban J connectivity index is 1.64. The second kappa shape index (κ2) is 13.0. The largest absolute Gasteiger partial charge is 0.760 e. The van der Waals surface area contributed by atoms with Crippen LogP contribution in [0.25, 0.3) is 0 Å². The van der Waals surface area contributed by atoms with Gasteiger partial charge in [0, 0.05) is 51.9 Å². The Bertz CT molecular complexity index is 1520. The third-order valence-corrected chi connectivity index (χ3v) is 9.75. The van der Waals surface area contributed by atoms with E-state index >= 15 is 0 Å². The Morgan fingerprint density at radius 2 is 1.79 bits per heavy atom. The van der Waals surface area contributed by atoms with Crippen molar-refractivity contribution in [3.05, 3.63) is 105 Å². The molecule has 5 atom stereocenters. The van der Waals surface area contributed by atoms with Crippen molar-refractivity contribution in [2.75, 3.05) is 6.54 Å². The van der Waals surface area contributed by atoms with Crippen LogP contribution in [0.3, 0.4) is 0 Å². The number of amides is 1. The molecule has 1 unspecified atom stereocenters. The maximum Gasteiger partial charge on any atom is 0.304 e. The first-order valence-corrected chi connectivity index (χ1v) is 15.9. The lowest BCUT2D eigenvalue weighted by atomic mass is 9.67. The van der Waals surface area contributed by atoms with Crippen LogP contribution in [0.15, 0.2) is 72.8 Å². The second-order valence-electron chi connectivity index (χ2n) is 11.7. The molecule has 2 fully saturated rings. The summed E-state index contributed by atoms with van der Waals surface area (Å²) in [7, 11) is 0. The summed E-state index contributed by atoms with van der Waals surface area (Å²) >= 11 is 9.93. The quantitative estimate of drug-likeness (QED) is 0.233. The highest BCUT2D eigenvalue weighted by molar-refractivity contribution is 7.76. The number of likely N-dealkylation sites (tertiary alicyclic amines) is 1. The van der Waals surface area contributed by atoms with Crippen LogP contribution in [0.2, 0.25) is 10.0 Å². The number of hydrogen-bond donors (Lipinski definition) is 1. The van der Waals surface area contributed by atoms with Crippen molar-refractivity contribution in [3.8, 4) is 0 Å². The van der Waals surface area contributed by atoms with Gasteiger partial charge in [-0.1, -0.05) is 72.6 Å². The molecular formula is C32H32Cl2FN2O5S-. The zero-order valence-corrected chi connectivity index (χ0v) is 25.8. The van der Waals surface area contributed by atoms with Gasteiger partial charge < -0.3 is 14.6 Å². The third kappa shape index (κ3) is 7.13. The SMILES string of the molecule is C[C@]1(CC(=O)O)C[C@H](c2cccc(Cl)c2)[C@@H](c2ccc(Cl)cc2)N([C@H](CN(Cc2ccccc2F)S(=O)[O-])C2CC2)C1=O. The van der Waals surface area contributed by atoms with Crippen LogP contribution in [-0.2, 0) is 27.4 Å². The minimum atomic E-state index is -2.72. The van der Waals surface area contributed by atoms with Gasteiger partial charge in [-0.3, -0.25) is 13.8 Å². The molecule has 3 aromatic rings. The van der Waals surface area contributed by atoms with Gasteiger partial charge in [0.1, 0.15) is 5.82 Å². The summed E-state index contributed by atoms with van der Waals surface area (Å²) in [6, 6.07) is 19.3. The van der Waals surface area contributed by atoms with E-state index in [9.17, 15) is 27.8 Å². The van der Waals surface area contributed by atoms with Gasteiger partial charge >= 0.3 is 5.97 Å². The van der Waals surface area contributed by atoms with Crippen molar-refractivity contribution >= 4 is 46.3 Å². The topological polar surface area (TPSA) is 101 Å². The fourth-order valence-corrected chi connectivity index (χ4v) is 7.24. The van der Waals surface area contributed by atoms with E-state index in [0.717, 1.165) is 28.3 Å². The van der Waals surface area contributed by atoms with E-state index in [4.69, 9.17) is 23.2 Å². The predicted molar refractivity (Wildman–Crippen MR) is 162 cm³/mol. The summed E-state index contributed by atoms with van der Waals surface area (Å²) in [5.41, 5.74) is 0.566. The van der Waals surface area contributed by atoms with E-state index in [1.54, 1.807) is 36.1 Å². The Morgan fingerprint density at radius 3 is 2.40 bits per heavy atom. The molecule has 1 saturated carbocycles. The Hall–Kier alpha value is -2.82. The summed E-state index contributed by atoms with van der Waals surface area (Å²) in [5.74, 6) is -2.36. The molecule has 1 heterocycles. The molecule has 1 aliphatic carbocycles. The minimum absolute atomic E-state index is 0.0161. The van der Waals surface area contributed by atoms with E-state index in [1.807, 2.05) is 30.3 Å². The number of aliphatic carboxylic acids is 1. The van der Waals surface area contributed by atoms with Crippen molar-refractivity contribution in [1.82, 2.24) is 9.21 Å². The molecule has 43 heavy (non-hydrogen) atoms. The average molecular weight is 647 g/mol. The van der Waals surface area contributed by atoms with Crippen LogP contribution in [0.5, 0.6) is 0 Å². The van der Waals surface area contributed by atoms with Crippen LogP contribution in [0, 0.1) is 17.2 Å². The number of benzene rings is 3. The first kappa shape index (κ1) is 31.6. The molecule has 1 amide bonds. The number of carboxylic acid groups (broad SMARTS) is 1. The smallest absolute Gasteiger partial charge is 0.304 e. The molecule has 1 N–H and O–H groups in total. The van der Waals surface area contributed by atoms with Gasteiger partial charge in [-0.15, -0.1) is 0 Å². The lowest BCUT2D eigenvalue weighted by Crippen LogP contribution is -2.59. The van der Waals surface area contributed by atoms with Crippen LogP contribution in [-0.4, -0.2) is 47.5 Å². The van der Waals surface area contributed by atoms with E-state index in [0.29, 0.717) is 10.0 Å². The lowest BCUT2D eigenvalue weighted by Gasteiger charge is -2.52. The number of hydrogen-bond acceptors (Lipinski definition) is 4. The molecule has 1 aliphatic heterocycles. The van der Waals surface area contributed by atoms with Crippen LogP contribution in [0.4, 0.5) is 4.39 Å². The summed E-state index contributed by atoms with van der Waals surface area (Å²) < 4.78 is 40.8. The van der Waals surface area contributed by atoms with E-state index in [1.165, 1.54) is 18.2 Å². The summed E-state index contributed by atoms with van der Waals surface area (Å²) in [4.78, 5) is 28.4. The molecule has 2 aliphatic rings. The van der Waals surface area contributed by atoms with E-state index in [2.05, 4.69) is 0 Å². The van der Waals surface area contributed by atoms with Crippen LogP contribution < -0.4 is 0 Å². The second-order valence-corrected chi connectivity index (χ2v) is 13.6. The summed E-state index contributed by atoms with van der Waals surface area (Å²) in [6.07, 6.45) is 1.40. The number of nitrogens with zero attached hydrogens (tertiary/aromatic N) is 2. The van der Waals surface area contributed by atoms with Gasteiger partial charge in [0.15, 0.2) is 0 Å². The standard InChI is InChI=1S/C32H33Cl2FN2O5S/c1-32(17-29(38)39)16-26(22-6-4-7-25(34)15-22)30(21-11-13-24(33)14-12-21)37(31(32)40)28(20-9-10-20)19-36(43(41)42)18-23-5-2-3-8-27(23)35/h2-8,11-15,20,26,28,30H,9-10,16-19H2,1H3,(H,38,39)(H,41,42)/p-1/t26-,28-,30-,32-/m1/s1. The average Bonchev–Trinajstić information content (AvgIpc) is 3.79. The number of halogens is 3. The van der Waals surface area contributed by atoms with Crippen LogP contribution in [0.1, 0.15) is 61.3 Å². The Morgan fingerprint density at radius 1 is 1.09 bits per heavy atom. The van der Waals surface area contributed by atoms with Crippen molar-refractivity contribution < 1.29 is 27.8 Å².